The number of piperazine rings is 1. The van der Waals surface area contributed by atoms with Gasteiger partial charge in [-0.15, -0.1) is 10.2 Å². The van der Waals surface area contributed by atoms with Gasteiger partial charge in [0.25, 0.3) is 0 Å². The van der Waals surface area contributed by atoms with Crippen molar-refractivity contribution in [2.24, 2.45) is 0 Å². The average Bonchev–Trinajstić information content (AvgIpc) is 2.74. The van der Waals surface area contributed by atoms with E-state index in [1.165, 1.54) is 0 Å². The lowest BCUT2D eigenvalue weighted by atomic mass is 9.99. The van der Waals surface area contributed by atoms with Crippen molar-refractivity contribution < 1.29 is 4.79 Å². The van der Waals surface area contributed by atoms with Crippen molar-refractivity contribution >= 4 is 22.4 Å². The SMILES string of the molecule is CCNc1nnc(CN2CCNC(=O)C2(C)C)s1. The van der Waals surface area contributed by atoms with E-state index < -0.39 is 5.54 Å². The number of nitrogens with zero attached hydrogens (tertiary/aromatic N) is 3. The Morgan fingerprint density at radius 1 is 1.50 bits per heavy atom. The first kappa shape index (κ1) is 13.2. The van der Waals surface area contributed by atoms with Crippen molar-refractivity contribution in [1.82, 2.24) is 20.4 Å². The van der Waals surface area contributed by atoms with Crippen LogP contribution in [-0.2, 0) is 11.3 Å². The van der Waals surface area contributed by atoms with Gasteiger partial charge in [-0.2, -0.15) is 0 Å². The van der Waals surface area contributed by atoms with Crippen molar-refractivity contribution in [3.63, 3.8) is 0 Å². The topological polar surface area (TPSA) is 70.2 Å². The van der Waals surface area contributed by atoms with E-state index in [-0.39, 0.29) is 5.91 Å². The predicted molar refractivity (Wildman–Crippen MR) is 71.6 cm³/mol. The third-order valence-electron chi connectivity index (χ3n) is 3.13. The maximum Gasteiger partial charge on any atom is 0.240 e. The van der Waals surface area contributed by atoms with E-state index in [0.29, 0.717) is 13.1 Å². The molecule has 100 valence electrons. The second kappa shape index (κ2) is 5.19. The molecule has 1 aromatic rings. The van der Waals surface area contributed by atoms with E-state index in [9.17, 15) is 4.79 Å². The van der Waals surface area contributed by atoms with Crippen molar-refractivity contribution in [2.75, 3.05) is 25.0 Å². The van der Waals surface area contributed by atoms with Crippen LogP contribution in [0.4, 0.5) is 5.13 Å². The number of carbonyl (C=O) groups is 1. The van der Waals surface area contributed by atoms with Crippen LogP contribution in [0.3, 0.4) is 0 Å². The van der Waals surface area contributed by atoms with Gasteiger partial charge in [-0.1, -0.05) is 11.3 Å². The highest BCUT2D eigenvalue weighted by Gasteiger charge is 2.37. The molecule has 6 nitrogen and oxygen atoms in total. The van der Waals surface area contributed by atoms with Crippen LogP contribution in [0.1, 0.15) is 25.8 Å². The highest BCUT2D eigenvalue weighted by molar-refractivity contribution is 7.15. The number of hydrogen-bond acceptors (Lipinski definition) is 6. The van der Waals surface area contributed by atoms with Crippen LogP contribution in [-0.4, -0.2) is 46.2 Å². The van der Waals surface area contributed by atoms with Gasteiger partial charge in [0.15, 0.2) is 0 Å². The Bertz CT molecular complexity index is 431. The molecule has 0 unspecified atom stereocenters. The van der Waals surface area contributed by atoms with Gasteiger partial charge in [0.05, 0.1) is 12.1 Å². The first-order chi connectivity index (χ1) is 8.54. The Hall–Kier alpha value is -1.21. The van der Waals surface area contributed by atoms with Crippen LogP contribution < -0.4 is 10.6 Å². The van der Waals surface area contributed by atoms with Crippen LogP contribution >= 0.6 is 11.3 Å². The molecule has 0 aromatic carbocycles. The second-order valence-corrected chi connectivity index (χ2v) is 5.83. The molecule has 2 N–H and O–H groups in total. The summed E-state index contributed by atoms with van der Waals surface area (Å²) in [7, 11) is 0. The van der Waals surface area contributed by atoms with Gasteiger partial charge in [0.1, 0.15) is 5.01 Å². The Morgan fingerprint density at radius 2 is 2.28 bits per heavy atom. The van der Waals surface area contributed by atoms with E-state index in [1.807, 2.05) is 20.8 Å². The Kier molecular flexibility index (Phi) is 3.82. The predicted octanol–water partition coefficient (Wildman–Crippen LogP) is 0.680. The summed E-state index contributed by atoms with van der Waals surface area (Å²) in [4.78, 5) is 14.0. The normalized spacial score (nSPS) is 19.6. The zero-order chi connectivity index (χ0) is 13.2. The molecule has 0 radical (unpaired) electrons. The minimum absolute atomic E-state index is 0.0742. The quantitative estimate of drug-likeness (QED) is 0.841. The largest absolute Gasteiger partial charge is 0.360 e. The van der Waals surface area contributed by atoms with E-state index in [4.69, 9.17) is 0 Å². The molecule has 2 rings (SSSR count). The van der Waals surface area contributed by atoms with Crippen molar-refractivity contribution in [3.8, 4) is 0 Å². The zero-order valence-corrected chi connectivity index (χ0v) is 11.8. The molecule has 1 aliphatic rings. The van der Waals surface area contributed by atoms with E-state index in [1.54, 1.807) is 11.3 Å². The average molecular weight is 269 g/mol. The van der Waals surface area contributed by atoms with Crippen LogP contribution in [0.25, 0.3) is 0 Å². The highest BCUT2D eigenvalue weighted by Crippen LogP contribution is 2.23. The van der Waals surface area contributed by atoms with Crippen LogP contribution in [0, 0.1) is 0 Å². The van der Waals surface area contributed by atoms with Gasteiger partial charge >= 0.3 is 0 Å². The maximum absolute atomic E-state index is 11.8. The molecule has 1 amide bonds. The first-order valence-corrected chi connectivity index (χ1v) is 6.95. The molecule has 2 heterocycles. The van der Waals surface area contributed by atoms with E-state index in [0.717, 1.165) is 23.2 Å². The standard InChI is InChI=1S/C11H19N5OS/c1-4-12-10-15-14-8(18-10)7-16-6-5-13-9(17)11(16,2)3/h4-7H2,1-3H3,(H,12,15)(H,13,17). The number of anilines is 1. The molecule has 0 atom stereocenters. The van der Waals surface area contributed by atoms with Gasteiger partial charge < -0.3 is 10.6 Å². The zero-order valence-electron chi connectivity index (χ0n) is 11.0. The monoisotopic (exact) mass is 269 g/mol. The molecular formula is C11H19N5OS. The highest BCUT2D eigenvalue weighted by atomic mass is 32.1. The molecule has 1 aliphatic heterocycles. The molecule has 1 fully saturated rings. The third kappa shape index (κ3) is 2.62. The molecule has 18 heavy (non-hydrogen) atoms. The molecular weight excluding hydrogens is 250 g/mol. The molecule has 7 heteroatoms. The Balaban J connectivity index is 2.05. The third-order valence-corrected chi connectivity index (χ3v) is 4.00. The second-order valence-electron chi connectivity index (χ2n) is 4.77. The Labute approximate surface area is 111 Å². The van der Waals surface area contributed by atoms with Crippen molar-refractivity contribution in [1.29, 1.82) is 0 Å². The summed E-state index contributed by atoms with van der Waals surface area (Å²) in [6.45, 7) is 8.95. The van der Waals surface area contributed by atoms with E-state index in [2.05, 4.69) is 25.7 Å². The first-order valence-electron chi connectivity index (χ1n) is 6.13. The lowest BCUT2D eigenvalue weighted by molar-refractivity contribution is -0.135. The minimum Gasteiger partial charge on any atom is -0.360 e. The lowest BCUT2D eigenvalue weighted by Gasteiger charge is -2.40. The number of hydrogen-bond donors (Lipinski definition) is 2. The van der Waals surface area contributed by atoms with Crippen LogP contribution in [0.15, 0.2) is 0 Å². The van der Waals surface area contributed by atoms with Gasteiger partial charge in [-0.25, -0.2) is 0 Å². The summed E-state index contributed by atoms with van der Waals surface area (Å²) in [5, 5.41) is 16.0. The van der Waals surface area contributed by atoms with Gasteiger partial charge in [-0.05, 0) is 20.8 Å². The molecule has 1 saturated heterocycles. The number of amides is 1. The summed E-state index contributed by atoms with van der Waals surface area (Å²) in [5.41, 5.74) is -0.484. The van der Waals surface area contributed by atoms with Gasteiger partial charge in [0, 0.05) is 19.6 Å². The Morgan fingerprint density at radius 3 is 3.00 bits per heavy atom. The van der Waals surface area contributed by atoms with E-state index >= 15 is 0 Å². The summed E-state index contributed by atoms with van der Waals surface area (Å²) in [6.07, 6.45) is 0. The van der Waals surface area contributed by atoms with Gasteiger partial charge in [-0.3, -0.25) is 9.69 Å². The number of rotatable bonds is 4. The summed E-state index contributed by atoms with van der Waals surface area (Å²) in [6, 6.07) is 0. The summed E-state index contributed by atoms with van der Waals surface area (Å²) >= 11 is 1.55. The van der Waals surface area contributed by atoms with Crippen LogP contribution in [0.5, 0.6) is 0 Å². The fourth-order valence-corrected chi connectivity index (χ4v) is 2.75. The molecule has 0 saturated carbocycles. The van der Waals surface area contributed by atoms with Crippen LogP contribution in [0.2, 0.25) is 0 Å². The number of aromatic nitrogens is 2. The smallest absolute Gasteiger partial charge is 0.240 e. The summed E-state index contributed by atoms with van der Waals surface area (Å²) < 4.78 is 0. The van der Waals surface area contributed by atoms with Crippen molar-refractivity contribution in [3.05, 3.63) is 5.01 Å². The fourth-order valence-electron chi connectivity index (χ4n) is 1.92. The van der Waals surface area contributed by atoms with Crippen molar-refractivity contribution in [2.45, 2.75) is 32.9 Å². The molecule has 0 aliphatic carbocycles. The minimum atomic E-state index is -0.484. The maximum atomic E-state index is 11.8. The number of nitrogens with one attached hydrogen (secondary N) is 2. The van der Waals surface area contributed by atoms with Gasteiger partial charge in [0.2, 0.25) is 11.0 Å². The molecule has 0 bridgehead atoms. The molecule has 1 aromatic heterocycles. The number of carbonyl (C=O) groups excluding carboxylic acids is 1. The lowest BCUT2D eigenvalue weighted by Crippen LogP contribution is -2.61. The molecule has 0 spiro atoms. The summed E-state index contributed by atoms with van der Waals surface area (Å²) in [5.74, 6) is 0.0742. The fraction of sp³-hybridized carbons (Fsp3) is 0.727.